The van der Waals surface area contributed by atoms with Gasteiger partial charge in [0.25, 0.3) is 0 Å². The molecule has 0 fully saturated rings. The number of nitrogens with zero attached hydrogens (tertiary/aromatic N) is 1. The monoisotopic (exact) mass is 288 g/mol. The van der Waals surface area contributed by atoms with Gasteiger partial charge in [-0.2, -0.15) is 0 Å². The lowest BCUT2D eigenvalue weighted by molar-refractivity contribution is 0.363. The van der Waals surface area contributed by atoms with E-state index in [0.29, 0.717) is 0 Å². The van der Waals surface area contributed by atoms with Gasteiger partial charge in [-0.3, -0.25) is 19.5 Å². The highest BCUT2D eigenvalue weighted by Gasteiger charge is 2.45. The van der Waals surface area contributed by atoms with Crippen LogP contribution >= 0.6 is 0 Å². The summed E-state index contributed by atoms with van der Waals surface area (Å²) in [6.45, 7) is 19.9. The zero-order valence-corrected chi connectivity index (χ0v) is 15.9. The Morgan fingerprint density at radius 2 is 0.789 bits per heavy atom. The van der Waals surface area contributed by atoms with Gasteiger partial charge in [-0.1, -0.05) is 0 Å². The zero-order chi connectivity index (χ0) is 15.7. The summed E-state index contributed by atoms with van der Waals surface area (Å²) in [5, 5.41) is 0. The number of nitrogens with one attached hydrogen (secondary N) is 3. The van der Waals surface area contributed by atoms with Crippen molar-refractivity contribution < 1.29 is 0 Å². The van der Waals surface area contributed by atoms with Crippen molar-refractivity contribution in [2.45, 2.75) is 78.9 Å². The first-order valence-electron chi connectivity index (χ1n) is 7.12. The highest BCUT2D eigenvalue weighted by molar-refractivity contribution is 6.70. The van der Waals surface area contributed by atoms with E-state index in [-0.39, 0.29) is 16.6 Å². The molecule has 0 unspecified atom stereocenters. The van der Waals surface area contributed by atoms with Gasteiger partial charge >= 0.3 is 8.72 Å². The lowest BCUT2D eigenvalue weighted by Crippen LogP contribution is -2.86. The van der Waals surface area contributed by atoms with Gasteiger partial charge < -0.3 is 0 Å². The van der Waals surface area contributed by atoms with Crippen LogP contribution < -0.4 is 14.9 Å². The summed E-state index contributed by atoms with van der Waals surface area (Å²) in [5.74, 6) is 0. The van der Waals surface area contributed by atoms with Crippen LogP contribution in [0.4, 0.5) is 0 Å². The predicted octanol–water partition coefficient (Wildman–Crippen LogP) is 2.15. The molecule has 3 N–H and O–H groups in total. The van der Waals surface area contributed by atoms with E-state index in [1.54, 1.807) is 0 Å². The number of hydrogen-bond acceptors (Lipinski definition) is 4. The van der Waals surface area contributed by atoms with Crippen LogP contribution in [0.3, 0.4) is 0 Å². The van der Waals surface area contributed by atoms with Crippen molar-refractivity contribution in [3.05, 3.63) is 0 Å². The summed E-state index contributed by atoms with van der Waals surface area (Å²) in [4.78, 5) is 11.5. The molecule has 0 aromatic heterocycles. The van der Waals surface area contributed by atoms with E-state index >= 15 is 0 Å². The second-order valence-electron chi connectivity index (χ2n) is 8.73. The lowest BCUT2D eigenvalue weighted by atomic mass is 10.1. The Labute approximate surface area is 122 Å². The fraction of sp³-hybridized carbons (Fsp3) is 1.00. The average Bonchev–Trinajstić information content (AvgIpc) is 1.91. The molecule has 0 bridgehead atoms. The fourth-order valence-electron chi connectivity index (χ4n) is 2.06. The molecule has 0 saturated heterocycles. The molecule has 19 heavy (non-hydrogen) atoms. The van der Waals surface area contributed by atoms with Crippen molar-refractivity contribution in [2.75, 3.05) is 14.1 Å². The van der Waals surface area contributed by atoms with E-state index in [1.807, 2.05) is 0 Å². The van der Waals surface area contributed by atoms with Gasteiger partial charge in [-0.05, 0) is 76.4 Å². The van der Waals surface area contributed by atoms with Crippen molar-refractivity contribution in [1.82, 2.24) is 19.5 Å². The fourth-order valence-corrected chi connectivity index (χ4v) is 6.17. The Kier molecular flexibility index (Phi) is 5.83. The van der Waals surface area contributed by atoms with Crippen molar-refractivity contribution in [2.24, 2.45) is 0 Å². The summed E-state index contributed by atoms with van der Waals surface area (Å²) in [7, 11) is 2.09. The minimum Gasteiger partial charge on any atom is -0.296 e. The largest absolute Gasteiger partial charge is 0.369 e. The molecule has 0 radical (unpaired) electrons. The first kappa shape index (κ1) is 19.1. The third kappa shape index (κ3) is 8.04. The molecule has 0 aliphatic heterocycles. The molecule has 0 heterocycles. The Morgan fingerprint density at radius 1 is 0.579 bits per heavy atom. The van der Waals surface area contributed by atoms with Crippen LogP contribution in [0.1, 0.15) is 62.3 Å². The Bertz CT molecular complexity index is 240. The Morgan fingerprint density at radius 3 is 0.895 bits per heavy atom. The third-order valence-corrected chi connectivity index (χ3v) is 7.02. The molecule has 0 spiro atoms. The second-order valence-corrected chi connectivity index (χ2v) is 11.8. The third-order valence-electron chi connectivity index (χ3n) is 2.34. The molecule has 5 heteroatoms. The predicted molar refractivity (Wildman–Crippen MR) is 88.1 cm³/mol. The summed E-state index contributed by atoms with van der Waals surface area (Å²) in [5.41, 5.74) is 0.146. The summed E-state index contributed by atoms with van der Waals surface area (Å²) >= 11 is 0. The molecule has 0 aromatic rings. The first-order valence-corrected chi connectivity index (χ1v) is 9.07. The van der Waals surface area contributed by atoms with Gasteiger partial charge in [-0.25, -0.2) is 0 Å². The lowest BCUT2D eigenvalue weighted by Gasteiger charge is -2.49. The minimum absolute atomic E-state index is 0.0486. The summed E-state index contributed by atoms with van der Waals surface area (Å²) in [6, 6.07) is 0. The van der Waals surface area contributed by atoms with Crippen LogP contribution in [0.2, 0.25) is 0 Å². The van der Waals surface area contributed by atoms with Crippen LogP contribution in [0.25, 0.3) is 0 Å². The minimum atomic E-state index is -2.20. The number of rotatable bonds is 4. The zero-order valence-electron chi connectivity index (χ0n) is 14.9. The molecule has 4 nitrogen and oxygen atoms in total. The summed E-state index contributed by atoms with van der Waals surface area (Å²) < 4.78 is 2.30. The Hall–Kier alpha value is 0.0569. The van der Waals surface area contributed by atoms with E-state index in [2.05, 4.69) is 95.9 Å². The molecule has 0 saturated carbocycles. The standard InChI is InChI=1S/C14H36N4Si/c1-12(2,3)15-19(18(10)11,16-13(4,5)6)17-14(7,8)9/h15-17H,1-11H3. The van der Waals surface area contributed by atoms with Crippen LogP contribution in [0.15, 0.2) is 0 Å². The van der Waals surface area contributed by atoms with Crippen molar-refractivity contribution in [3.63, 3.8) is 0 Å². The van der Waals surface area contributed by atoms with E-state index in [4.69, 9.17) is 0 Å². The molecule has 0 aromatic carbocycles. The molecule has 0 aliphatic rings. The van der Waals surface area contributed by atoms with Crippen molar-refractivity contribution >= 4 is 8.72 Å². The summed E-state index contributed by atoms with van der Waals surface area (Å²) in [6.07, 6.45) is 0. The molecule has 116 valence electrons. The molecular formula is C14H36N4Si. The highest BCUT2D eigenvalue weighted by atomic mass is 28.4. The van der Waals surface area contributed by atoms with E-state index in [9.17, 15) is 0 Å². The van der Waals surface area contributed by atoms with Crippen LogP contribution in [-0.4, -0.2) is 44.0 Å². The van der Waals surface area contributed by atoms with E-state index in [1.165, 1.54) is 0 Å². The normalized spacial score (nSPS) is 15.2. The first-order chi connectivity index (χ1) is 8.06. The smallest absolute Gasteiger partial charge is 0.296 e. The SMILES string of the molecule is CN(C)[Si](NC(C)(C)C)(NC(C)(C)C)NC(C)(C)C. The molecule has 0 atom stereocenters. The maximum absolute atomic E-state index is 3.82. The van der Waals surface area contributed by atoms with Gasteiger partial charge in [-0.15, -0.1) is 0 Å². The van der Waals surface area contributed by atoms with Gasteiger partial charge in [0.15, 0.2) is 0 Å². The average molecular weight is 289 g/mol. The van der Waals surface area contributed by atoms with Crippen LogP contribution in [-0.2, 0) is 0 Å². The highest BCUT2D eigenvalue weighted by Crippen LogP contribution is 2.14. The second kappa shape index (κ2) is 5.82. The van der Waals surface area contributed by atoms with Gasteiger partial charge in [0, 0.05) is 16.6 Å². The van der Waals surface area contributed by atoms with Crippen LogP contribution in [0, 0.1) is 0 Å². The molecule has 0 rings (SSSR count). The number of hydrogen-bond donors (Lipinski definition) is 3. The quantitative estimate of drug-likeness (QED) is 0.693. The van der Waals surface area contributed by atoms with Gasteiger partial charge in [0.1, 0.15) is 0 Å². The molecule has 0 aliphatic carbocycles. The topological polar surface area (TPSA) is 39.3 Å². The maximum atomic E-state index is 3.82. The van der Waals surface area contributed by atoms with E-state index in [0.717, 1.165) is 0 Å². The maximum Gasteiger partial charge on any atom is 0.369 e. The van der Waals surface area contributed by atoms with Crippen molar-refractivity contribution in [3.8, 4) is 0 Å². The molecular weight excluding hydrogens is 252 g/mol. The Balaban J connectivity index is 5.48. The molecule has 0 amide bonds. The van der Waals surface area contributed by atoms with Gasteiger partial charge in [0.2, 0.25) is 0 Å². The van der Waals surface area contributed by atoms with Gasteiger partial charge in [0.05, 0.1) is 0 Å². The van der Waals surface area contributed by atoms with Crippen molar-refractivity contribution in [1.29, 1.82) is 0 Å². The van der Waals surface area contributed by atoms with E-state index < -0.39 is 8.72 Å². The van der Waals surface area contributed by atoms with Crippen LogP contribution in [0.5, 0.6) is 0 Å².